The standard InChI is InChI=1S/C28H35FN2O2/c29-26-8-3-22(4-9-26)17-31-13-1-2-23-6-7-24(16-25(23)18-31)28(32)10-5-21-11-14-30(15-12-21)19-27-20-33-27/h3-4,6-9,16,21,27H,1-2,5,10-15,17-20H2. The van der Waals surface area contributed by atoms with Gasteiger partial charge < -0.3 is 9.64 Å². The number of likely N-dealkylation sites (tertiary alicyclic amines) is 1. The van der Waals surface area contributed by atoms with Crippen molar-refractivity contribution in [1.82, 2.24) is 9.80 Å². The fourth-order valence-corrected chi connectivity index (χ4v) is 5.39. The number of benzene rings is 2. The minimum Gasteiger partial charge on any atom is -0.372 e. The smallest absolute Gasteiger partial charge is 0.162 e. The van der Waals surface area contributed by atoms with E-state index in [1.54, 1.807) is 0 Å². The summed E-state index contributed by atoms with van der Waals surface area (Å²) >= 11 is 0. The van der Waals surface area contributed by atoms with Crippen LogP contribution in [0, 0.1) is 11.7 Å². The molecule has 1 atom stereocenters. The molecule has 2 fully saturated rings. The third kappa shape index (κ3) is 6.28. The van der Waals surface area contributed by atoms with Crippen LogP contribution in [0.3, 0.4) is 0 Å². The zero-order chi connectivity index (χ0) is 22.6. The number of carbonyl (C=O) groups is 1. The Morgan fingerprint density at radius 2 is 1.79 bits per heavy atom. The molecule has 5 rings (SSSR count). The number of aryl methyl sites for hydroxylation is 1. The van der Waals surface area contributed by atoms with E-state index in [-0.39, 0.29) is 11.6 Å². The molecular weight excluding hydrogens is 415 g/mol. The molecule has 1 unspecified atom stereocenters. The Morgan fingerprint density at radius 1 is 1.00 bits per heavy atom. The SMILES string of the molecule is O=C(CCC1CCN(CC2CO2)CC1)c1ccc2c(c1)CN(Cc1ccc(F)cc1)CCC2. The monoisotopic (exact) mass is 450 g/mol. The second-order valence-corrected chi connectivity index (χ2v) is 10.1. The summed E-state index contributed by atoms with van der Waals surface area (Å²) in [6.45, 7) is 6.96. The van der Waals surface area contributed by atoms with Crippen LogP contribution < -0.4 is 0 Å². The molecule has 0 N–H and O–H groups in total. The number of hydrogen-bond donors (Lipinski definition) is 0. The van der Waals surface area contributed by atoms with Crippen molar-refractivity contribution in [2.75, 3.05) is 32.8 Å². The molecule has 4 nitrogen and oxygen atoms in total. The van der Waals surface area contributed by atoms with Crippen LogP contribution in [0.25, 0.3) is 0 Å². The number of epoxide rings is 1. The Balaban J connectivity index is 1.15. The highest BCUT2D eigenvalue weighted by Crippen LogP contribution is 2.26. The van der Waals surface area contributed by atoms with E-state index in [0.29, 0.717) is 18.4 Å². The van der Waals surface area contributed by atoms with E-state index in [1.165, 1.54) is 36.1 Å². The molecule has 0 radical (unpaired) electrons. The molecule has 0 saturated carbocycles. The van der Waals surface area contributed by atoms with Crippen molar-refractivity contribution in [3.63, 3.8) is 0 Å². The fraction of sp³-hybridized carbons (Fsp3) is 0.536. The number of nitrogens with zero attached hydrogens (tertiary/aromatic N) is 2. The summed E-state index contributed by atoms with van der Waals surface area (Å²) in [6.07, 6.45) is 6.67. The number of ether oxygens (including phenoxy) is 1. The van der Waals surface area contributed by atoms with E-state index >= 15 is 0 Å². The first-order valence-corrected chi connectivity index (χ1v) is 12.6. The van der Waals surface area contributed by atoms with E-state index < -0.39 is 0 Å². The van der Waals surface area contributed by atoms with Crippen LogP contribution in [0.4, 0.5) is 4.39 Å². The predicted octanol–water partition coefficient (Wildman–Crippen LogP) is 4.85. The van der Waals surface area contributed by atoms with E-state index in [4.69, 9.17) is 4.74 Å². The Bertz CT molecular complexity index is 949. The van der Waals surface area contributed by atoms with Crippen molar-refractivity contribution in [1.29, 1.82) is 0 Å². The third-order valence-corrected chi connectivity index (χ3v) is 7.51. The van der Waals surface area contributed by atoms with Gasteiger partial charge in [0.05, 0.1) is 12.7 Å². The first-order chi connectivity index (χ1) is 16.1. The van der Waals surface area contributed by atoms with E-state index in [0.717, 1.165) is 76.3 Å². The number of fused-ring (bicyclic) bond motifs is 1. The molecule has 3 aliphatic rings. The Kier molecular flexibility index (Phi) is 7.19. The van der Waals surface area contributed by atoms with E-state index in [9.17, 15) is 9.18 Å². The van der Waals surface area contributed by atoms with Gasteiger partial charge in [-0.2, -0.15) is 0 Å². The molecule has 0 aliphatic carbocycles. The van der Waals surface area contributed by atoms with Gasteiger partial charge in [0.25, 0.3) is 0 Å². The van der Waals surface area contributed by atoms with Crippen molar-refractivity contribution in [2.24, 2.45) is 5.92 Å². The highest BCUT2D eigenvalue weighted by molar-refractivity contribution is 5.96. The molecule has 2 aromatic carbocycles. The number of halogens is 1. The van der Waals surface area contributed by atoms with Crippen LogP contribution in [0.5, 0.6) is 0 Å². The summed E-state index contributed by atoms with van der Waals surface area (Å²) in [5.41, 5.74) is 4.62. The van der Waals surface area contributed by atoms with Crippen LogP contribution in [-0.4, -0.2) is 54.5 Å². The van der Waals surface area contributed by atoms with Gasteiger partial charge in [0, 0.05) is 31.6 Å². The largest absolute Gasteiger partial charge is 0.372 e. The van der Waals surface area contributed by atoms with Crippen molar-refractivity contribution in [3.8, 4) is 0 Å². The Morgan fingerprint density at radius 3 is 2.55 bits per heavy atom. The summed E-state index contributed by atoms with van der Waals surface area (Å²) in [7, 11) is 0. The molecule has 5 heteroatoms. The zero-order valence-electron chi connectivity index (χ0n) is 19.5. The first-order valence-electron chi connectivity index (χ1n) is 12.6. The third-order valence-electron chi connectivity index (χ3n) is 7.51. The van der Waals surface area contributed by atoms with E-state index in [1.807, 2.05) is 18.2 Å². The van der Waals surface area contributed by atoms with Crippen LogP contribution in [0.15, 0.2) is 42.5 Å². The van der Waals surface area contributed by atoms with Crippen LogP contribution >= 0.6 is 0 Å². The maximum atomic E-state index is 13.2. The topological polar surface area (TPSA) is 36.1 Å². The number of piperidine rings is 1. The number of rotatable bonds is 8. The van der Waals surface area contributed by atoms with Gasteiger partial charge in [-0.25, -0.2) is 4.39 Å². The average Bonchev–Trinajstić information content (AvgIpc) is 3.66. The molecule has 33 heavy (non-hydrogen) atoms. The van der Waals surface area contributed by atoms with Crippen molar-refractivity contribution in [3.05, 3.63) is 70.5 Å². The number of ketones is 1. The highest BCUT2D eigenvalue weighted by Gasteiger charge is 2.28. The maximum absolute atomic E-state index is 13.2. The van der Waals surface area contributed by atoms with E-state index in [2.05, 4.69) is 21.9 Å². The molecule has 0 amide bonds. The summed E-state index contributed by atoms with van der Waals surface area (Å²) in [6, 6.07) is 13.1. The molecule has 3 aliphatic heterocycles. The van der Waals surface area contributed by atoms with Gasteiger partial charge in [0.1, 0.15) is 5.82 Å². The van der Waals surface area contributed by atoms with Crippen molar-refractivity contribution >= 4 is 5.78 Å². The minimum atomic E-state index is -0.193. The lowest BCUT2D eigenvalue weighted by atomic mass is 9.89. The fourth-order valence-electron chi connectivity index (χ4n) is 5.39. The molecular formula is C28H35FN2O2. The molecule has 2 saturated heterocycles. The van der Waals surface area contributed by atoms with Gasteiger partial charge in [-0.05, 0) is 92.5 Å². The average molecular weight is 451 g/mol. The van der Waals surface area contributed by atoms with Gasteiger partial charge >= 0.3 is 0 Å². The normalized spacial score (nSPS) is 22.0. The number of hydrogen-bond acceptors (Lipinski definition) is 4. The molecule has 176 valence electrons. The Hall–Kier alpha value is -2.08. The lowest BCUT2D eigenvalue weighted by Crippen LogP contribution is -2.36. The lowest BCUT2D eigenvalue weighted by molar-refractivity contribution is 0.0961. The van der Waals surface area contributed by atoms with Gasteiger partial charge in [-0.3, -0.25) is 9.69 Å². The molecule has 0 spiro atoms. The Labute approximate surface area is 196 Å². The van der Waals surface area contributed by atoms with Crippen molar-refractivity contribution < 1.29 is 13.9 Å². The minimum absolute atomic E-state index is 0.193. The van der Waals surface area contributed by atoms with Gasteiger partial charge in [-0.15, -0.1) is 0 Å². The van der Waals surface area contributed by atoms with Crippen LogP contribution in [-0.2, 0) is 24.2 Å². The summed E-state index contributed by atoms with van der Waals surface area (Å²) in [5.74, 6) is 0.750. The second-order valence-electron chi connectivity index (χ2n) is 10.1. The predicted molar refractivity (Wildman–Crippen MR) is 128 cm³/mol. The highest BCUT2D eigenvalue weighted by atomic mass is 19.1. The van der Waals surface area contributed by atoms with Crippen LogP contribution in [0.1, 0.15) is 59.2 Å². The quantitative estimate of drug-likeness (QED) is 0.426. The maximum Gasteiger partial charge on any atom is 0.162 e. The van der Waals surface area contributed by atoms with Gasteiger partial charge in [-0.1, -0.05) is 24.3 Å². The molecule has 3 heterocycles. The second kappa shape index (κ2) is 10.5. The lowest BCUT2D eigenvalue weighted by Gasteiger charge is -2.31. The van der Waals surface area contributed by atoms with Gasteiger partial charge in [0.2, 0.25) is 0 Å². The van der Waals surface area contributed by atoms with Crippen LogP contribution in [0.2, 0.25) is 0 Å². The summed E-state index contributed by atoms with van der Waals surface area (Å²) in [5, 5.41) is 0. The summed E-state index contributed by atoms with van der Waals surface area (Å²) < 4.78 is 18.6. The molecule has 2 aromatic rings. The molecule has 0 aromatic heterocycles. The first kappa shape index (κ1) is 22.7. The number of Topliss-reactive ketones (excluding diaryl/α,β-unsaturated/α-hetero) is 1. The molecule has 0 bridgehead atoms. The zero-order valence-corrected chi connectivity index (χ0v) is 19.5. The van der Waals surface area contributed by atoms with Crippen molar-refractivity contribution in [2.45, 2.75) is 57.7 Å². The summed E-state index contributed by atoms with van der Waals surface area (Å²) in [4.78, 5) is 17.9. The number of carbonyl (C=O) groups excluding carboxylic acids is 1. The van der Waals surface area contributed by atoms with Gasteiger partial charge in [0.15, 0.2) is 5.78 Å².